The molecule has 0 radical (unpaired) electrons. The average Bonchev–Trinajstić information content (AvgIpc) is 2.36. The quantitative estimate of drug-likeness (QED) is 0.231. The summed E-state index contributed by atoms with van der Waals surface area (Å²) in [5.74, 6) is -8.23. The van der Waals surface area contributed by atoms with E-state index in [9.17, 15) is 28.8 Å². The molecule has 9 nitrogen and oxygen atoms in total. The van der Waals surface area contributed by atoms with E-state index in [0.29, 0.717) is 0 Å². The minimum atomic E-state index is -1.95. The van der Waals surface area contributed by atoms with Gasteiger partial charge in [0.1, 0.15) is 5.78 Å². The van der Waals surface area contributed by atoms with Crippen LogP contribution in [0.15, 0.2) is 0 Å². The highest BCUT2D eigenvalue weighted by Gasteiger charge is 2.24. The van der Waals surface area contributed by atoms with Crippen molar-refractivity contribution in [1.29, 1.82) is 0 Å². The third-order valence-electron chi connectivity index (χ3n) is 1.98. The Morgan fingerprint density at radius 2 is 1.47 bits per heavy atom. The molecule has 0 fully saturated rings. The molecule has 104 valence electrons. The van der Waals surface area contributed by atoms with Crippen LogP contribution in [-0.4, -0.2) is 45.4 Å². The van der Waals surface area contributed by atoms with Gasteiger partial charge in [-0.25, -0.2) is 9.59 Å². The van der Waals surface area contributed by atoms with Gasteiger partial charge in [-0.3, -0.25) is 24.1 Å². The molecule has 0 bridgehead atoms. The third-order valence-corrected chi connectivity index (χ3v) is 1.98. The van der Waals surface area contributed by atoms with Crippen LogP contribution >= 0.6 is 0 Å². The second kappa shape index (κ2) is 7.82. The van der Waals surface area contributed by atoms with Crippen molar-refractivity contribution in [3.63, 3.8) is 0 Å². The number of hydrogen-bond donors (Lipinski definition) is 2. The molecule has 0 aliphatic carbocycles. The van der Waals surface area contributed by atoms with Gasteiger partial charge in [-0.1, -0.05) is 0 Å². The van der Waals surface area contributed by atoms with Crippen LogP contribution in [0.25, 0.3) is 0 Å². The van der Waals surface area contributed by atoms with E-state index in [0.717, 1.165) is 0 Å². The Balaban J connectivity index is 4.04. The van der Waals surface area contributed by atoms with Crippen LogP contribution in [-0.2, 0) is 33.7 Å². The summed E-state index contributed by atoms with van der Waals surface area (Å²) >= 11 is 0. The molecule has 0 aromatic heterocycles. The summed E-state index contributed by atoms with van der Waals surface area (Å²) in [5.41, 5.74) is 0. The molecule has 2 N–H and O–H groups in total. The Morgan fingerprint density at radius 1 is 0.895 bits per heavy atom. The molecule has 0 spiro atoms. The zero-order valence-electron chi connectivity index (χ0n) is 9.58. The Kier molecular flexibility index (Phi) is 6.82. The van der Waals surface area contributed by atoms with Crippen molar-refractivity contribution < 1.29 is 44.0 Å². The SMILES string of the molecule is O=C(CCCC(=O)C(=O)OO)CC(=O)C(=O)C(=O)O. The lowest BCUT2D eigenvalue weighted by Crippen LogP contribution is -2.25. The fourth-order valence-electron chi connectivity index (χ4n) is 1.07. The Morgan fingerprint density at radius 3 is 1.95 bits per heavy atom. The largest absolute Gasteiger partial charge is 0.475 e. The van der Waals surface area contributed by atoms with Gasteiger partial charge in [-0.2, -0.15) is 5.26 Å². The number of Topliss-reactive ketones (excluding diaryl/α,β-unsaturated/α-hetero) is 4. The number of ketones is 4. The van der Waals surface area contributed by atoms with E-state index in [4.69, 9.17) is 10.4 Å². The molecule has 0 aliphatic rings. The molecular weight excluding hydrogens is 264 g/mol. The van der Waals surface area contributed by atoms with E-state index in [1.165, 1.54) is 0 Å². The highest BCUT2D eigenvalue weighted by Crippen LogP contribution is 2.02. The molecular formula is C10H10O9. The molecule has 0 saturated carbocycles. The fourth-order valence-corrected chi connectivity index (χ4v) is 1.07. The molecule has 9 heteroatoms. The Bertz CT molecular complexity index is 434. The summed E-state index contributed by atoms with van der Waals surface area (Å²) in [5, 5.41) is 16.1. The van der Waals surface area contributed by atoms with Gasteiger partial charge in [0.2, 0.25) is 11.6 Å². The Labute approximate surface area is 106 Å². The predicted molar refractivity (Wildman–Crippen MR) is 54.9 cm³/mol. The number of rotatable bonds is 9. The van der Waals surface area contributed by atoms with Crippen molar-refractivity contribution in [2.75, 3.05) is 0 Å². The van der Waals surface area contributed by atoms with E-state index in [1.54, 1.807) is 0 Å². The third kappa shape index (κ3) is 6.17. The maximum Gasteiger partial charge on any atom is 0.408 e. The summed E-state index contributed by atoms with van der Waals surface area (Å²) in [6.07, 6.45) is -1.64. The second-order valence-corrected chi connectivity index (χ2v) is 3.43. The Hall–Kier alpha value is -2.42. The standard InChI is InChI=1S/C10H10O9/c11-5(4-7(13)8(14)9(15)16)2-1-3-6(12)10(17)19-18/h18H,1-4H2,(H,15,16). The van der Waals surface area contributed by atoms with E-state index >= 15 is 0 Å². The first-order valence-electron chi connectivity index (χ1n) is 5.00. The van der Waals surface area contributed by atoms with Gasteiger partial charge >= 0.3 is 17.7 Å². The topological polar surface area (TPSA) is 152 Å². The van der Waals surface area contributed by atoms with Crippen LogP contribution in [0.3, 0.4) is 0 Å². The summed E-state index contributed by atoms with van der Waals surface area (Å²) in [4.78, 5) is 67.3. The normalized spacial score (nSPS) is 9.53. The van der Waals surface area contributed by atoms with Gasteiger partial charge in [0.05, 0.1) is 6.42 Å². The summed E-state index contributed by atoms with van der Waals surface area (Å²) in [6, 6.07) is 0. The molecule has 19 heavy (non-hydrogen) atoms. The number of carbonyl (C=O) groups is 6. The molecule has 0 aromatic carbocycles. The minimum absolute atomic E-state index is 0.0959. The number of carboxylic acids is 1. The molecule has 0 aromatic rings. The summed E-state index contributed by atoms with van der Waals surface area (Å²) in [6.45, 7) is 0. The molecule has 0 amide bonds. The van der Waals surface area contributed by atoms with Crippen molar-refractivity contribution in [3.8, 4) is 0 Å². The summed E-state index contributed by atoms with van der Waals surface area (Å²) < 4.78 is 0. The highest BCUT2D eigenvalue weighted by molar-refractivity contribution is 6.62. The van der Waals surface area contributed by atoms with Crippen molar-refractivity contribution in [2.24, 2.45) is 0 Å². The first-order chi connectivity index (χ1) is 8.79. The molecule has 0 rings (SSSR count). The van der Waals surface area contributed by atoms with Crippen LogP contribution in [0, 0.1) is 0 Å². The molecule has 0 atom stereocenters. The van der Waals surface area contributed by atoms with E-state index in [-0.39, 0.29) is 19.3 Å². The zero-order valence-corrected chi connectivity index (χ0v) is 9.58. The number of carboxylic acid groups (broad SMARTS) is 1. The number of aliphatic carboxylic acids is 1. The average molecular weight is 274 g/mol. The van der Waals surface area contributed by atoms with Gasteiger partial charge in [0.25, 0.3) is 0 Å². The molecule has 0 heterocycles. The first kappa shape index (κ1) is 16.6. The fraction of sp³-hybridized carbons (Fsp3) is 0.400. The lowest BCUT2D eigenvalue weighted by molar-refractivity contribution is -0.232. The zero-order chi connectivity index (χ0) is 15.0. The molecule has 0 saturated heterocycles. The number of carbonyl (C=O) groups excluding carboxylic acids is 5. The molecule has 0 unspecified atom stereocenters. The molecule has 0 aliphatic heterocycles. The highest BCUT2D eigenvalue weighted by atomic mass is 17.1. The maximum atomic E-state index is 11.2. The van der Waals surface area contributed by atoms with Gasteiger partial charge < -0.3 is 5.11 Å². The van der Waals surface area contributed by atoms with Crippen LogP contribution in [0.4, 0.5) is 0 Å². The van der Waals surface area contributed by atoms with Crippen molar-refractivity contribution in [2.45, 2.75) is 25.7 Å². The minimum Gasteiger partial charge on any atom is -0.475 e. The van der Waals surface area contributed by atoms with Crippen LogP contribution < -0.4 is 0 Å². The van der Waals surface area contributed by atoms with Gasteiger partial charge in [0, 0.05) is 12.8 Å². The lowest BCUT2D eigenvalue weighted by Gasteiger charge is -1.98. The van der Waals surface area contributed by atoms with Crippen LogP contribution in [0.1, 0.15) is 25.7 Å². The van der Waals surface area contributed by atoms with Gasteiger partial charge in [-0.05, 0) is 6.42 Å². The predicted octanol–water partition coefficient (Wildman–Crippen LogP) is -1.08. The summed E-state index contributed by atoms with van der Waals surface area (Å²) in [7, 11) is 0. The van der Waals surface area contributed by atoms with Crippen LogP contribution in [0.5, 0.6) is 0 Å². The van der Waals surface area contributed by atoms with E-state index in [1.807, 2.05) is 0 Å². The van der Waals surface area contributed by atoms with Gasteiger partial charge in [0.15, 0.2) is 0 Å². The number of hydrogen-bond acceptors (Lipinski definition) is 8. The van der Waals surface area contributed by atoms with Crippen molar-refractivity contribution in [1.82, 2.24) is 0 Å². The van der Waals surface area contributed by atoms with E-state index in [2.05, 4.69) is 4.89 Å². The second-order valence-electron chi connectivity index (χ2n) is 3.43. The smallest absolute Gasteiger partial charge is 0.408 e. The van der Waals surface area contributed by atoms with Crippen molar-refractivity contribution >= 4 is 35.1 Å². The van der Waals surface area contributed by atoms with Gasteiger partial charge in [-0.15, -0.1) is 0 Å². The monoisotopic (exact) mass is 274 g/mol. The first-order valence-corrected chi connectivity index (χ1v) is 5.00. The van der Waals surface area contributed by atoms with Crippen molar-refractivity contribution in [3.05, 3.63) is 0 Å². The van der Waals surface area contributed by atoms with E-state index < -0.39 is 41.5 Å². The lowest BCUT2D eigenvalue weighted by atomic mass is 10.0. The maximum absolute atomic E-state index is 11.2. The van der Waals surface area contributed by atoms with Crippen LogP contribution in [0.2, 0.25) is 0 Å².